The molecule has 0 saturated heterocycles. The molecular formula is C21H21O2Tl. The van der Waals surface area contributed by atoms with Crippen molar-refractivity contribution >= 4 is 37.6 Å². The van der Waals surface area contributed by atoms with Crippen LogP contribution in [0.4, 0.5) is 0 Å². The van der Waals surface area contributed by atoms with Crippen LogP contribution in [0.1, 0.15) is 32.1 Å². The van der Waals surface area contributed by atoms with Crippen LogP contribution in [0.2, 0.25) is 0 Å². The minimum absolute atomic E-state index is 0.471. The summed E-state index contributed by atoms with van der Waals surface area (Å²) >= 11 is 0.471. The first kappa shape index (κ1) is 16.2. The zero-order valence-electron chi connectivity index (χ0n) is 13.8. The fourth-order valence-corrected chi connectivity index (χ4v) is 5.28. The Balaban J connectivity index is 1.90. The number of rotatable bonds is 4. The zero-order valence-corrected chi connectivity index (χ0v) is 18.3. The maximum absolute atomic E-state index is 10.2. The van der Waals surface area contributed by atoms with Gasteiger partial charge in [-0.05, 0) is 0 Å². The first-order valence-corrected chi connectivity index (χ1v) is 10.4. The number of hydrogen-bond acceptors (Lipinski definition) is 2. The molecule has 4 rings (SSSR count). The Morgan fingerprint density at radius 1 is 1.04 bits per heavy atom. The van der Waals surface area contributed by atoms with E-state index in [1.807, 2.05) is 18.2 Å². The second kappa shape index (κ2) is 6.21. The minimum atomic E-state index is 0.471. The Kier molecular flexibility index (Phi) is 4.19. The number of aliphatic hydroxyl groups is 1. The van der Waals surface area contributed by atoms with Crippen LogP contribution in [-0.4, -0.2) is 31.3 Å². The van der Waals surface area contributed by atoms with Crippen LogP contribution >= 0.6 is 0 Å². The molecule has 1 N–H and O–H groups in total. The van der Waals surface area contributed by atoms with Gasteiger partial charge in [0.15, 0.2) is 0 Å². The van der Waals surface area contributed by atoms with Gasteiger partial charge in [-0.2, -0.15) is 0 Å². The normalized spacial score (nSPS) is 25.0. The summed E-state index contributed by atoms with van der Waals surface area (Å²) in [7, 11) is 0. The second-order valence-electron chi connectivity index (χ2n) is 7.02. The SMILES string of the molecule is C=C([O][Tl])C1=C(C(=C)C2=c3ccccc3=C(O)CC2)C2CCC1C2. The van der Waals surface area contributed by atoms with Crippen molar-refractivity contribution in [1.29, 1.82) is 0 Å². The number of fused-ring (bicyclic) bond motifs is 3. The van der Waals surface area contributed by atoms with Crippen LogP contribution in [0, 0.1) is 11.8 Å². The predicted molar refractivity (Wildman–Crippen MR) is 97.3 cm³/mol. The summed E-state index contributed by atoms with van der Waals surface area (Å²) in [6.07, 6.45) is 5.28. The average molecular weight is 510 g/mol. The third kappa shape index (κ3) is 2.41. The van der Waals surface area contributed by atoms with Crippen molar-refractivity contribution in [3.05, 3.63) is 70.3 Å². The van der Waals surface area contributed by atoms with E-state index in [2.05, 4.69) is 19.2 Å². The van der Waals surface area contributed by atoms with Gasteiger partial charge >= 0.3 is 160 Å². The van der Waals surface area contributed by atoms with Crippen molar-refractivity contribution in [2.75, 3.05) is 0 Å². The van der Waals surface area contributed by atoms with Crippen molar-refractivity contribution in [3.8, 4) is 0 Å². The van der Waals surface area contributed by atoms with Gasteiger partial charge in [0.2, 0.25) is 0 Å². The van der Waals surface area contributed by atoms with Crippen LogP contribution in [-0.2, 0) is 2.69 Å². The molecule has 0 heterocycles. The molecule has 2 nitrogen and oxygen atoms in total. The van der Waals surface area contributed by atoms with E-state index in [9.17, 15) is 5.11 Å². The van der Waals surface area contributed by atoms with Gasteiger partial charge in [0.05, 0.1) is 0 Å². The quantitative estimate of drug-likeness (QED) is 0.499. The summed E-state index contributed by atoms with van der Waals surface area (Å²) in [4.78, 5) is 0. The molecule has 2 atom stereocenters. The van der Waals surface area contributed by atoms with Crippen LogP contribution in [0.3, 0.4) is 0 Å². The van der Waals surface area contributed by atoms with Crippen molar-refractivity contribution in [2.45, 2.75) is 32.1 Å². The summed E-state index contributed by atoms with van der Waals surface area (Å²) in [6, 6.07) is 8.15. The molecule has 0 amide bonds. The molecule has 3 aliphatic rings. The molecule has 1 fully saturated rings. The Labute approximate surface area is 159 Å². The average Bonchev–Trinajstić information content (AvgIpc) is 3.22. The van der Waals surface area contributed by atoms with Gasteiger partial charge in [0.25, 0.3) is 0 Å². The van der Waals surface area contributed by atoms with Crippen molar-refractivity contribution in [2.24, 2.45) is 11.8 Å². The van der Waals surface area contributed by atoms with E-state index in [4.69, 9.17) is 2.69 Å². The van der Waals surface area contributed by atoms with E-state index < -0.39 is 0 Å². The molecule has 2 bridgehead atoms. The Bertz CT molecular complexity index is 891. The Hall–Kier alpha value is -1.30. The van der Waals surface area contributed by atoms with Gasteiger partial charge < -0.3 is 0 Å². The first-order chi connectivity index (χ1) is 11.6. The van der Waals surface area contributed by atoms with Gasteiger partial charge in [0, 0.05) is 0 Å². The molecule has 120 valence electrons. The van der Waals surface area contributed by atoms with E-state index in [-0.39, 0.29) is 0 Å². The summed E-state index contributed by atoms with van der Waals surface area (Å²) in [5.74, 6) is 2.58. The molecule has 2 unspecified atom stereocenters. The number of allylic oxidation sites excluding steroid dienone is 3. The Morgan fingerprint density at radius 2 is 1.71 bits per heavy atom. The monoisotopic (exact) mass is 510 g/mol. The maximum atomic E-state index is 10.2. The number of hydrogen-bond donors (Lipinski definition) is 1. The van der Waals surface area contributed by atoms with Crippen LogP contribution in [0.15, 0.2) is 59.9 Å². The molecule has 1 aromatic carbocycles. The molecule has 0 aromatic heterocycles. The fraction of sp³-hybridized carbons (Fsp3) is 0.333. The van der Waals surface area contributed by atoms with Gasteiger partial charge in [-0.1, -0.05) is 0 Å². The molecule has 1 aromatic rings. The van der Waals surface area contributed by atoms with Crippen LogP contribution in [0.5, 0.6) is 0 Å². The predicted octanol–water partition coefficient (Wildman–Crippen LogP) is 3.19. The van der Waals surface area contributed by atoms with E-state index in [0.717, 1.165) is 28.2 Å². The van der Waals surface area contributed by atoms with Crippen LogP contribution < -0.4 is 10.4 Å². The summed E-state index contributed by atoms with van der Waals surface area (Å²) in [5.41, 5.74) is 5.16. The number of benzene rings is 1. The van der Waals surface area contributed by atoms with E-state index >= 15 is 0 Å². The third-order valence-electron chi connectivity index (χ3n) is 5.85. The zero-order chi connectivity index (χ0) is 16.8. The van der Waals surface area contributed by atoms with Gasteiger partial charge in [0.1, 0.15) is 0 Å². The van der Waals surface area contributed by atoms with Gasteiger partial charge in [-0.3, -0.25) is 0 Å². The van der Waals surface area contributed by atoms with Crippen LogP contribution in [0.25, 0.3) is 11.3 Å². The standard InChI is InChI=1S/C21H22O2.Tl/c1-12(20-14-7-8-15(11-14)21(20)13(2)22)16-9-10-19(23)18-6-4-3-5-17(16)18;/h3-6,14-15,22-23H,1-2,7-11H2;/q;+1/p-1. The van der Waals surface area contributed by atoms with Crippen molar-refractivity contribution in [3.63, 3.8) is 0 Å². The van der Waals surface area contributed by atoms with Crippen molar-refractivity contribution in [1.82, 2.24) is 0 Å². The summed E-state index contributed by atoms with van der Waals surface area (Å²) in [6.45, 7) is 8.68. The first-order valence-electron chi connectivity index (χ1n) is 8.62. The molecule has 0 aliphatic heterocycles. The molecule has 0 radical (unpaired) electrons. The number of aliphatic hydroxyl groups excluding tert-OH is 1. The molecular weight excluding hydrogens is 489 g/mol. The molecule has 3 aliphatic carbocycles. The Morgan fingerprint density at radius 3 is 2.42 bits per heavy atom. The molecule has 0 spiro atoms. The molecule has 1 saturated carbocycles. The summed E-state index contributed by atoms with van der Waals surface area (Å²) < 4.78 is 5.66. The van der Waals surface area contributed by atoms with Gasteiger partial charge in [-0.25, -0.2) is 0 Å². The topological polar surface area (TPSA) is 29.5 Å². The van der Waals surface area contributed by atoms with Crippen molar-refractivity contribution < 1.29 is 7.79 Å². The third-order valence-corrected chi connectivity index (χ3v) is 6.95. The van der Waals surface area contributed by atoms with E-state index in [1.54, 1.807) is 0 Å². The van der Waals surface area contributed by atoms with E-state index in [1.165, 1.54) is 36.0 Å². The second-order valence-corrected chi connectivity index (χ2v) is 7.94. The molecule has 3 heteroatoms. The summed E-state index contributed by atoms with van der Waals surface area (Å²) in [5, 5.41) is 12.3. The molecule has 24 heavy (non-hydrogen) atoms. The van der Waals surface area contributed by atoms with Gasteiger partial charge in [-0.15, -0.1) is 0 Å². The fourth-order valence-electron chi connectivity index (χ4n) is 4.78. The van der Waals surface area contributed by atoms with E-state index in [0.29, 0.717) is 50.2 Å².